The van der Waals surface area contributed by atoms with Gasteiger partial charge in [0.05, 0.1) is 25.9 Å². The minimum Gasteiger partial charge on any atom is -0.496 e. The molecule has 4 heteroatoms. The molecular weight excluding hydrogens is 258 g/mol. The molecule has 0 saturated carbocycles. The molecule has 1 N–H and O–H groups in total. The second-order valence-corrected chi connectivity index (χ2v) is 6.08. The molecule has 1 aromatic carbocycles. The molecule has 0 bridgehead atoms. The lowest BCUT2D eigenvalue weighted by Crippen LogP contribution is -2.37. The molecule has 0 amide bonds. The number of likely N-dealkylation sites (N-methyl/N-ethyl adjacent to an activating group) is 1. The lowest BCUT2D eigenvalue weighted by molar-refractivity contribution is 0.0486. The molecular formula is C15H23NO2S. The molecule has 0 aromatic heterocycles. The van der Waals surface area contributed by atoms with Crippen LogP contribution in [0.15, 0.2) is 12.1 Å². The first-order valence-electron chi connectivity index (χ1n) is 6.69. The molecule has 2 unspecified atom stereocenters. The first kappa shape index (κ1) is 14.7. The van der Waals surface area contributed by atoms with E-state index in [1.807, 2.05) is 18.8 Å². The van der Waals surface area contributed by atoms with Crippen LogP contribution in [-0.4, -0.2) is 38.4 Å². The van der Waals surface area contributed by atoms with Gasteiger partial charge in [0.2, 0.25) is 0 Å². The number of nitrogens with one attached hydrogen (secondary N) is 1. The Bertz CT molecular complexity index is 430. The zero-order valence-corrected chi connectivity index (χ0v) is 13.0. The summed E-state index contributed by atoms with van der Waals surface area (Å²) >= 11 is 1.97. The normalized spacial score (nSPS) is 21.2. The van der Waals surface area contributed by atoms with Crippen LogP contribution in [0.4, 0.5) is 0 Å². The number of methoxy groups -OCH3 is 1. The maximum Gasteiger partial charge on any atom is 0.122 e. The zero-order valence-electron chi connectivity index (χ0n) is 12.2. The zero-order chi connectivity index (χ0) is 13.8. The van der Waals surface area contributed by atoms with Crippen LogP contribution in [0, 0.1) is 13.8 Å². The summed E-state index contributed by atoms with van der Waals surface area (Å²) < 4.78 is 11.3. The Hall–Kier alpha value is -0.710. The number of hydrogen-bond acceptors (Lipinski definition) is 4. The maximum absolute atomic E-state index is 5.92. The molecule has 0 spiro atoms. The van der Waals surface area contributed by atoms with Gasteiger partial charge in [0, 0.05) is 11.5 Å². The fourth-order valence-corrected chi connectivity index (χ4v) is 3.51. The summed E-state index contributed by atoms with van der Waals surface area (Å²) in [5.41, 5.74) is 3.74. The summed E-state index contributed by atoms with van der Waals surface area (Å²) in [7, 11) is 3.73. The van der Waals surface area contributed by atoms with Crippen LogP contribution < -0.4 is 10.1 Å². The van der Waals surface area contributed by atoms with Gasteiger partial charge in [-0.3, -0.25) is 0 Å². The SMILES string of the molecule is CNC(c1cc(C)c(OC)cc1C)C1CSCCO1. The smallest absolute Gasteiger partial charge is 0.122 e. The third-order valence-corrected chi connectivity index (χ3v) is 4.66. The molecule has 106 valence electrons. The van der Waals surface area contributed by atoms with E-state index in [1.165, 1.54) is 16.7 Å². The fraction of sp³-hybridized carbons (Fsp3) is 0.600. The van der Waals surface area contributed by atoms with E-state index in [9.17, 15) is 0 Å². The minimum absolute atomic E-state index is 0.246. The van der Waals surface area contributed by atoms with Crippen molar-refractivity contribution in [2.75, 3.05) is 32.3 Å². The highest BCUT2D eigenvalue weighted by molar-refractivity contribution is 7.99. The summed E-state index contributed by atoms with van der Waals surface area (Å²) in [5.74, 6) is 3.11. The topological polar surface area (TPSA) is 30.5 Å². The Kier molecular flexibility index (Phi) is 5.13. The second-order valence-electron chi connectivity index (χ2n) is 4.93. The van der Waals surface area contributed by atoms with Crippen LogP contribution in [-0.2, 0) is 4.74 Å². The third kappa shape index (κ3) is 3.25. The second kappa shape index (κ2) is 6.64. The molecule has 19 heavy (non-hydrogen) atoms. The lowest BCUT2D eigenvalue weighted by atomic mass is 9.95. The largest absolute Gasteiger partial charge is 0.496 e. The summed E-state index contributed by atoms with van der Waals surface area (Å²) in [6.07, 6.45) is 0.246. The number of thioether (sulfide) groups is 1. The van der Waals surface area contributed by atoms with Gasteiger partial charge < -0.3 is 14.8 Å². The lowest BCUT2D eigenvalue weighted by Gasteiger charge is -2.31. The van der Waals surface area contributed by atoms with Gasteiger partial charge >= 0.3 is 0 Å². The van der Waals surface area contributed by atoms with Gasteiger partial charge in [-0.05, 0) is 43.7 Å². The average molecular weight is 281 g/mol. The maximum atomic E-state index is 5.92. The molecule has 1 aliphatic rings. The Morgan fingerprint density at radius 3 is 2.74 bits per heavy atom. The fourth-order valence-electron chi connectivity index (χ4n) is 2.61. The van der Waals surface area contributed by atoms with Crippen LogP contribution >= 0.6 is 11.8 Å². The predicted molar refractivity (Wildman–Crippen MR) is 81.3 cm³/mol. The Morgan fingerprint density at radius 2 is 2.16 bits per heavy atom. The van der Waals surface area contributed by atoms with Gasteiger partial charge in [0.25, 0.3) is 0 Å². The van der Waals surface area contributed by atoms with Crippen LogP contribution in [0.2, 0.25) is 0 Å². The van der Waals surface area contributed by atoms with Gasteiger partial charge in [-0.25, -0.2) is 0 Å². The summed E-state index contributed by atoms with van der Waals surface area (Å²) in [5, 5.41) is 3.41. The van der Waals surface area contributed by atoms with Crippen molar-refractivity contribution in [2.45, 2.75) is 26.0 Å². The Labute approximate surface area is 120 Å². The number of aryl methyl sites for hydroxylation is 2. The predicted octanol–water partition coefficient (Wildman–Crippen LogP) is 2.70. The van der Waals surface area contributed by atoms with Crippen LogP contribution in [0.5, 0.6) is 5.75 Å². The monoisotopic (exact) mass is 281 g/mol. The first-order valence-corrected chi connectivity index (χ1v) is 7.84. The van der Waals surface area contributed by atoms with Crippen molar-refractivity contribution in [1.29, 1.82) is 0 Å². The van der Waals surface area contributed by atoms with Crippen molar-refractivity contribution < 1.29 is 9.47 Å². The third-order valence-electron chi connectivity index (χ3n) is 3.64. The molecule has 1 aromatic rings. The number of hydrogen-bond donors (Lipinski definition) is 1. The molecule has 2 atom stereocenters. The number of benzene rings is 1. The quantitative estimate of drug-likeness (QED) is 0.919. The van der Waals surface area contributed by atoms with Crippen molar-refractivity contribution in [3.63, 3.8) is 0 Å². The molecule has 1 saturated heterocycles. The van der Waals surface area contributed by atoms with Crippen LogP contribution in [0.25, 0.3) is 0 Å². The van der Waals surface area contributed by atoms with Crippen molar-refractivity contribution >= 4 is 11.8 Å². The molecule has 1 heterocycles. The molecule has 2 rings (SSSR count). The van der Waals surface area contributed by atoms with Crippen molar-refractivity contribution in [3.8, 4) is 5.75 Å². The standard InChI is InChI=1S/C15H23NO2S/c1-10-8-13(17-4)11(2)7-12(10)15(16-3)14-9-19-6-5-18-14/h7-8,14-16H,5-6,9H2,1-4H3. The Balaban J connectivity index is 2.29. The van der Waals surface area contributed by atoms with E-state index in [2.05, 4.69) is 31.3 Å². The van der Waals surface area contributed by atoms with E-state index >= 15 is 0 Å². The van der Waals surface area contributed by atoms with E-state index in [4.69, 9.17) is 9.47 Å². The van der Waals surface area contributed by atoms with Crippen molar-refractivity contribution in [2.24, 2.45) is 0 Å². The van der Waals surface area contributed by atoms with Crippen molar-refractivity contribution in [3.05, 3.63) is 28.8 Å². The average Bonchev–Trinajstić information content (AvgIpc) is 2.44. The van der Waals surface area contributed by atoms with Gasteiger partial charge in [-0.1, -0.05) is 6.07 Å². The summed E-state index contributed by atoms with van der Waals surface area (Å²) in [6.45, 7) is 5.07. The number of rotatable bonds is 4. The molecule has 3 nitrogen and oxygen atoms in total. The van der Waals surface area contributed by atoms with Gasteiger partial charge in [0.1, 0.15) is 5.75 Å². The van der Waals surface area contributed by atoms with Crippen LogP contribution in [0.3, 0.4) is 0 Å². The summed E-state index contributed by atoms with van der Waals surface area (Å²) in [6, 6.07) is 4.58. The molecule has 0 radical (unpaired) electrons. The van der Waals surface area contributed by atoms with Gasteiger partial charge in [0.15, 0.2) is 0 Å². The summed E-state index contributed by atoms with van der Waals surface area (Å²) in [4.78, 5) is 0. The van der Waals surface area contributed by atoms with Gasteiger partial charge in [-0.2, -0.15) is 11.8 Å². The van der Waals surface area contributed by atoms with Crippen molar-refractivity contribution in [1.82, 2.24) is 5.32 Å². The molecule has 1 fully saturated rings. The highest BCUT2D eigenvalue weighted by Gasteiger charge is 2.26. The number of ether oxygens (including phenoxy) is 2. The van der Waals surface area contributed by atoms with E-state index in [1.54, 1.807) is 7.11 Å². The first-order chi connectivity index (χ1) is 9.17. The van der Waals surface area contributed by atoms with E-state index in [-0.39, 0.29) is 12.1 Å². The van der Waals surface area contributed by atoms with Gasteiger partial charge in [-0.15, -0.1) is 0 Å². The van der Waals surface area contributed by atoms with E-state index < -0.39 is 0 Å². The van der Waals surface area contributed by atoms with E-state index in [0.717, 1.165) is 23.9 Å². The Morgan fingerprint density at radius 1 is 1.37 bits per heavy atom. The van der Waals surface area contributed by atoms with Crippen LogP contribution in [0.1, 0.15) is 22.7 Å². The van der Waals surface area contributed by atoms with E-state index in [0.29, 0.717) is 0 Å². The molecule has 1 aliphatic heterocycles. The highest BCUT2D eigenvalue weighted by Crippen LogP contribution is 2.31. The highest BCUT2D eigenvalue weighted by atomic mass is 32.2. The minimum atomic E-state index is 0.246. The molecule has 0 aliphatic carbocycles.